The van der Waals surface area contributed by atoms with Crippen LogP contribution >= 0.6 is 0 Å². The zero-order valence-electron chi connectivity index (χ0n) is 14.0. The molecule has 2 aliphatic rings. The number of carbonyl (C=O) groups excluding carboxylic acids is 1. The molecule has 0 aromatic rings. The van der Waals surface area contributed by atoms with Gasteiger partial charge in [0.1, 0.15) is 48.8 Å². The molecule has 12 heteroatoms. The van der Waals surface area contributed by atoms with Gasteiger partial charge in [-0.2, -0.15) is 0 Å². The summed E-state index contributed by atoms with van der Waals surface area (Å²) in [4.78, 5) is 11.4. The standard InChI is InChI=1S/C14H25NO11/c1-4(18)15-7-9(20)8(19)5(2-16)25-14(7)26-12-6(3-17)24-13(23)11(22)10(12)21/h5-14,16-17,19-23H,2-3H2,1H3,(H,15,18)/t5-,6-,7-,8-,9-,10-,11-,12+,13?,14+/m1/s1. The van der Waals surface area contributed by atoms with E-state index in [-0.39, 0.29) is 0 Å². The van der Waals surface area contributed by atoms with Crippen molar-refractivity contribution in [2.75, 3.05) is 13.2 Å². The van der Waals surface area contributed by atoms with Gasteiger partial charge >= 0.3 is 0 Å². The van der Waals surface area contributed by atoms with Crippen LogP contribution in [0, 0.1) is 0 Å². The average Bonchev–Trinajstić information content (AvgIpc) is 2.60. The van der Waals surface area contributed by atoms with Crippen molar-refractivity contribution >= 4 is 5.91 Å². The summed E-state index contributed by atoms with van der Waals surface area (Å²) in [5.74, 6) is -0.574. The first-order valence-corrected chi connectivity index (χ1v) is 8.06. The molecule has 0 aliphatic carbocycles. The molecule has 10 atom stereocenters. The number of aliphatic hydroxyl groups is 7. The molecule has 2 rings (SSSR count). The van der Waals surface area contributed by atoms with E-state index < -0.39 is 80.5 Å². The SMILES string of the molecule is CC(=O)N[C@H]1[C@H](O[C@@H]2[C@H](O)[C@@H](O)C(O)O[C@@H]2CO)O[C@H](CO)[C@@H](O)[C@@H]1O. The van der Waals surface area contributed by atoms with Gasteiger partial charge in [0.05, 0.1) is 13.2 Å². The van der Waals surface area contributed by atoms with Gasteiger partial charge in [0.25, 0.3) is 0 Å². The van der Waals surface area contributed by atoms with Crippen molar-refractivity contribution in [3.8, 4) is 0 Å². The summed E-state index contributed by atoms with van der Waals surface area (Å²) < 4.78 is 15.8. The normalized spacial score (nSPS) is 46.8. The predicted octanol–water partition coefficient (Wildman–Crippen LogP) is -5.25. The monoisotopic (exact) mass is 383 g/mol. The number of ether oxygens (including phenoxy) is 3. The van der Waals surface area contributed by atoms with Gasteiger partial charge < -0.3 is 55.3 Å². The van der Waals surface area contributed by atoms with Crippen LogP contribution in [0.4, 0.5) is 0 Å². The van der Waals surface area contributed by atoms with Crippen molar-refractivity contribution in [2.45, 2.75) is 68.3 Å². The highest BCUT2D eigenvalue weighted by Crippen LogP contribution is 2.28. The third-order valence-corrected chi connectivity index (χ3v) is 4.38. The molecule has 2 fully saturated rings. The van der Waals surface area contributed by atoms with Crippen LogP contribution in [0.2, 0.25) is 0 Å². The first kappa shape index (κ1) is 21.4. The topological polar surface area (TPSA) is 198 Å². The maximum Gasteiger partial charge on any atom is 0.217 e. The Hall–Kier alpha value is -0.930. The molecule has 1 unspecified atom stereocenters. The molecule has 12 nitrogen and oxygen atoms in total. The highest BCUT2D eigenvalue weighted by atomic mass is 16.7. The number of aliphatic hydroxyl groups excluding tert-OH is 7. The number of nitrogens with one attached hydrogen (secondary N) is 1. The fourth-order valence-corrected chi connectivity index (χ4v) is 2.98. The van der Waals surface area contributed by atoms with E-state index in [1.807, 2.05) is 0 Å². The molecule has 152 valence electrons. The molecule has 0 aromatic heterocycles. The lowest BCUT2D eigenvalue weighted by Gasteiger charge is -2.46. The van der Waals surface area contributed by atoms with E-state index in [1.165, 1.54) is 0 Å². The van der Waals surface area contributed by atoms with E-state index in [4.69, 9.17) is 14.2 Å². The van der Waals surface area contributed by atoms with Gasteiger partial charge in [-0.3, -0.25) is 4.79 Å². The van der Waals surface area contributed by atoms with Gasteiger partial charge in [0.15, 0.2) is 12.6 Å². The molecule has 0 radical (unpaired) electrons. The summed E-state index contributed by atoms with van der Waals surface area (Å²) in [6, 6.07) is -1.28. The summed E-state index contributed by atoms with van der Waals surface area (Å²) in [6.07, 6.45) is -13.6. The first-order valence-electron chi connectivity index (χ1n) is 8.06. The third kappa shape index (κ3) is 4.31. The summed E-state index contributed by atoms with van der Waals surface area (Å²) in [6.45, 7) is -0.194. The molecule has 0 saturated carbocycles. The number of amides is 1. The maximum atomic E-state index is 11.4. The Morgan fingerprint density at radius 3 is 2.08 bits per heavy atom. The van der Waals surface area contributed by atoms with Crippen LogP contribution in [0.15, 0.2) is 0 Å². The van der Waals surface area contributed by atoms with Crippen LogP contribution in [0.3, 0.4) is 0 Å². The molecule has 0 spiro atoms. The quantitative estimate of drug-likeness (QED) is 0.226. The Morgan fingerprint density at radius 1 is 0.923 bits per heavy atom. The molecule has 0 bridgehead atoms. The lowest BCUT2D eigenvalue weighted by molar-refractivity contribution is -0.341. The van der Waals surface area contributed by atoms with Gasteiger partial charge in [-0.05, 0) is 0 Å². The van der Waals surface area contributed by atoms with Crippen LogP contribution < -0.4 is 5.32 Å². The van der Waals surface area contributed by atoms with E-state index in [9.17, 15) is 40.5 Å². The largest absolute Gasteiger partial charge is 0.394 e. The second-order valence-corrected chi connectivity index (χ2v) is 6.26. The molecule has 2 saturated heterocycles. The second-order valence-electron chi connectivity index (χ2n) is 6.26. The Kier molecular flexibility index (Phi) is 7.27. The van der Waals surface area contributed by atoms with Crippen molar-refractivity contribution in [3.63, 3.8) is 0 Å². The maximum absolute atomic E-state index is 11.4. The van der Waals surface area contributed by atoms with Gasteiger partial charge in [-0.15, -0.1) is 0 Å². The van der Waals surface area contributed by atoms with E-state index in [1.54, 1.807) is 0 Å². The molecular weight excluding hydrogens is 358 g/mol. The number of carbonyl (C=O) groups is 1. The molecule has 26 heavy (non-hydrogen) atoms. The lowest BCUT2D eigenvalue weighted by Crippen LogP contribution is -2.67. The zero-order chi connectivity index (χ0) is 19.6. The minimum absolute atomic E-state index is 0.574. The fraction of sp³-hybridized carbons (Fsp3) is 0.929. The van der Waals surface area contributed by atoms with Crippen molar-refractivity contribution in [2.24, 2.45) is 0 Å². The van der Waals surface area contributed by atoms with Crippen LogP contribution in [0.25, 0.3) is 0 Å². The number of rotatable bonds is 5. The zero-order valence-corrected chi connectivity index (χ0v) is 14.0. The van der Waals surface area contributed by atoms with E-state index >= 15 is 0 Å². The smallest absolute Gasteiger partial charge is 0.217 e. The van der Waals surface area contributed by atoms with Crippen LogP contribution in [-0.4, -0.2) is 116 Å². The van der Waals surface area contributed by atoms with Gasteiger partial charge in [0, 0.05) is 6.92 Å². The van der Waals surface area contributed by atoms with Crippen LogP contribution in [-0.2, 0) is 19.0 Å². The van der Waals surface area contributed by atoms with E-state index in [2.05, 4.69) is 5.32 Å². The molecule has 1 amide bonds. The summed E-state index contributed by atoms with van der Waals surface area (Å²) in [7, 11) is 0. The second kappa shape index (κ2) is 8.84. The van der Waals surface area contributed by atoms with Crippen molar-refractivity contribution in [3.05, 3.63) is 0 Å². The van der Waals surface area contributed by atoms with Crippen molar-refractivity contribution < 1.29 is 54.8 Å². The van der Waals surface area contributed by atoms with Crippen molar-refractivity contribution in [1.29, 1.82) is 0 Å². The molecule has 0 aromatic carbocycles. The van der Waals surface area contributed by atoms with Crippen LogP contribution in [0.5, 0.6) is 0 Å². The fourth-order valence-electron chi connectivity index (χ4n) is 2.98. The van der Waals surface area contributed by atoms with Gasteiger partial charge in [-0.25, -0.2) is 0 Å². The Balaban J connectivity index is 2.22. The molecule has 2 aliphatic heterocycles. The third-order valence-electron chi connectivity index (χ3n) is 4.38. The Morgan fingerprint density at radius 2 is 1.54 bits per heavy atom. The van der Waals surface area contributed by atoms with Crippen LogP contribution in [0.1, 0.15) is 6.92 Å². The number of hydrogen-bond donors (Lipinski definition) is 8. The minimum Gasteiger partial charge on any atom is -0.394 e. The summed E-state index contributed by atoms with van der Waals surface area (Å²) >= 11 is 0. The van der Waals surface area contributed by atoms with E-state index in [0.29, 0.717) is 0 Å². The predicted molar refractivity (Wildman–Crippen MR) is 80.2 cm³/mol. The first-order chi connectivity index (χ1) is 12.2. The highest BCUT2D eigenvalue weighted by Gasteiger charge is 2.50. The highest BCUT2D eigenvalue weighted by molar-refractivity contribution is 5.73. The lowest BCUT2D eigenvalue weighted by atomic mass is 9.95. The Labute approximate surface area is 148 Å². The Bertz CT molecular complexity index is 478. The average molecular weight is 383 g/mol. The van der Waals surface area contributed by atoms with Gasteiger partial charge in [-0.1, -0.05) is 0 Å². The van der Waals surface area contributed by atoms with Gasteiger partial charge in [0.2, 0.25) is 5.91 Å². The molecule has 8 N–H and O–H groups in total. The minimum atomic E-state index is -1.75. The van der Waals surface area contributed by atoms with Crippen molar-refractivity contribution in [1.82, 2.24) is 5.32 Å². The number of hydrogen-bond acceptors (Lipinski definition) is 11. The molecular formula is C14H25NO11. The summed E-state index contributed by atoms with van der Waals surface area (Å²) in [5.41, 5.74) is 0. The van der Waals surface area contributed by atoms with E-state index in [0.717, 1.165) is 6.92 Å². The molecule has 2 heterocycles. The summed E-state index contributed by atoms with van der Waals surface area (Å²) in [5, 5.41) is 70.5.